The Morgan fingerprint density at radius 3 is 2.38 bits per heavy atom. The zero-order chi connectivity index (χ0) is 16.8. The number of rotatable bonds is 2. The van der Waals surface area contributed by atoms with Crippen LogP contribution in [0, 0.1) is 0 Å². The number of esters is 2. The minimum Gasteiger partial charge on any atom is -0.504 e. The van der Waals surface area contributed by atoms with Crippen molar-refractivity contribution in [2.45, 2.75) is 0 Å². The molecule has 0 aliphatic carbocycles. The Morgan fingerprint density at radius 2 is 1.54 bits per heavy atom. The fourth-order valence-corrected chi connectivity index (χ4v) is 2.48. The molecule has 24 heavy (non-hydrogen) atoms. The van der Waals surface area contributed by atoms with Crippen LogP contribution in [0.2, 0.25) is 0 Å². The molecule has 2 heterocycles. The molecule has 1 aliphatic heterocycles. The van der Waals surface area contributed by atoms with E-state index in [4.69, 9.17) is 4.74 Å². The summed E-state index contributed by atoms with van der Waals surface area (Å²) in [4.78, 5) is 34.6. The predicted molar refractivity (Wildman–Crippen MR) is 80.4 cm³/mol. The van der Waals surface area contributed by atoms with E-state index >= 15 is 0 Å². The van der Waals surface area contributed by atoms with Crippen LogP contribution in [0.5, 0.6) is 17.2 Å². The minimum absolute atomic E-state index is 0.127. The van der Waals surface area contributed by atoms with E-state index in [0.717, 1.165) is 6.26 Å². The number of cyclic esters (lactones) is 2. The maximum absolute atomic E-state index is 11.6. The fourth-order valence-electron chi connectivity index (χ4n) is 2.48. The molecule has 1 aliphatic rings. The first-order valence-electron chi connectivity index (χ1n) is 6.86. The molecule has 2 aromatic carbocycles. The SMILES string of the molecule is O=C1OC(=O)c2cc(Oc3ccc4c(=O)occ(O)c4c3)ccc21. The molecular formula is C17H8O7. The van der Waals surface area contributed by atoms with Gasteiger partial charge < -0.3 is 19.0 Å². The molecule has 0 unspecified atom stereocenters. The molecule has 0 saturated carbocycles. The Bertz CT molecular complexity index is 1080. The van der Waals surface area contributed by atoms with Gasteiger partial charge in [-0.1, -0.05) is 0 Å². The average Bonchev–Trinajstić information content (AvgIpc) is 2.85. The van der Waals surface area contributed by atoms with Gasteiger partial charge in [-0.25, -0.2) is 14.4 Å². The standard InChI is InChI=1S/C17H8O7/c18-14-7-22-15(19)10-3-1-8(5-12(10)14)23-9-2-4-11-13(6-9)17(21)24-16(11)20/h1-7,18H. The summed E-state index contributed by atoms with van der Waals surface area (Å²) < 4.78 is 14.8. The van der Waals surface area contributed by atoms with Crippen molar-refractivity contribution < 1.29 is 28.6 Å². The summed E-state index contributed by atoms with van der Waals surface area (Å²) in [6, 6.07) is 8.80. The Hall–Kier alpha value is -3.61. The molecule has 0 saturated heterocycles. The summed E-state index contributed by atoms with van der Waals surface area (Å²) in [7, 11) is 0. The molecule has 3 aromatic rings. The van der Waals surface area contributed by atoms with E-state index in [-0.39, 0.29) is 27.6 Å². The molecule has 0 amide bonds. The first-order valence-corrected chi connectivity index (χ1v) is 6.86. The van der Waals surface area contributed by atoms with Crippen LogP contribution in [-0.4, -0.2) is 17.0 Å². The molecule has 4 rings (SSSR count). The Balaban J connectivity index is 1.74. The van der Waals surface area contributed by atoms with Gasteiger partial charge in [0.05, 0.1) is 16.5 Å². The number of hydrogen-bond acceptors (Lipinski definition) is 7. The molecule has 0 bridgehead atoms. The molecule has 0 spiro atoms. The second kappa shape index (κ2) is 4.95. The van der Waals surface area contributed by atoms with Gasteiger partial charge in [0.15, 0.2) is 5.75 Å². The lowest BCUT2D eigenvalue weighted by molar-refractivity contribution is 0.0443. The van der Waals surface area contributed by atoms with Gasteiger partial charge in [0.1, 0.15) is 17.8 Å². The second-order valence-corrected chi connectivity index (χ2v) is 5.10. The molecule has 7 nitrogen and oxygen atoms in total. The Labute approximate surface area is 133 Å². The molecular weight excluding hydrogens is 316 g/mol. The molecule has 1 aromatic heterocycles. The van der Waals surface area contributed by atoms with Crippen molar-refractivity contribution >= 4 is 22.7 Å². The van der Waals surface area contributed by atoms with Crippen LogP contribution in [0.15, 0.2) is 51.9 Å². The molecule has 0 fully saturated rings. The monoisotopic (exact) mass is 324 g/mol. The quantitative estimate of drug-likeness (QED) is 0.571. The summed E-state index contributed by atoms with van der Waals surface area (Å²) >= 11 is 0. The number of hydrogen-bond donors (Lipinski definition) is 1. The fraction of sp³-hybridized carbons (Fsp3) is 0. The van der Waals surface area contributed by atoms with Gasteiger partial charge in [-0.3, -0.25) is 0 Å². The van der Waals surface area contributed by atoms with Crippen LogP contribution in [0.4, 0.5) is 0 Å². The van der Waals surface area contributed by atoms with E-state index in [1.807, 2.05) is 0 Å². The number of ether oxygens (including phenoxy) is 2. The van der Waals surface area contributed by atoms with Gasteiger partial charge in [0.25, 0.3) is 0 Å². The lowest BCUT2D eigenvalue weighted by Crippen LogP contribution is -1.98. The lowest BCUT2D eigenvalue weighted by Gasteiger charge is -2.07. The van der Waals surface area contributed by atoms with E-state index in [1.165, 1.54) is 36.4 Å². The van der Waals surface area contributed by atoms with Crippen molar-refractivity contribution in [2.24, 2.45) is 0 Å². The van der Waals surface area contributed by atoms with Crippen LogP contribution in [0.3, 0.4) is 0 Å². The summed E-state index contributed by atoms with van der Waals surface area (Å²) in [5.74, 6) is -0.973. The topological polar surface area (TPSA) is 103 Å². The summed E-state index contributed by atoms with van der Waals surface area (Å²) in [6.07, 6.45) is 0.950. The maximum atomic E-state index is 11.6. The first-order chi connectivity index (χ1) is 11.5. The van der Waals surface area contributed by atoms with Crippen LogP contribution >= 0.6 is 0 Å². The molecule has 1 N–H and O–H groups in total. The second-order valence-electron chi connectivity index (χ2n) is 5.10. The van der Waals surface area contributed by atoms with Gasteiger partial charge >= 0.3 is 17.6 Å². The van der Waals surface area contributed by atoms with Crippen molar-refractivity contribution in [3.05, 3.63) is 64.2 Å². The Kier molecular flexibility index (Phi) is 2.89. The average molecular weight is 324 g/mol. The van der Waals surface area contributed by atoms with Crippen molar-refractivity contribution in [1.82, 2.24) is 0 Å². The van der Waals surface area contributed by atoms with Crippen molar-refractivity contribution in [3.8, 4) is 17.2 Å². The van der Waals surface area contributed by atoms with Gasteiger partial charge in [-0.2, -0.15) is 0 Å². The van der Waals surface area contributed by atoms with Gasteiger partial charge in [-0.15, -0.1) is 0 Å². The van der Waals surface area contributed by atoms with Gasteiger partial charge in [0, 0.05) is 5.39 Å². The molecule has 0 radical (unpaired) electrons. The third-order valence-electron chi connectivity index (χ3n) is 3.62. The van der Waals surface area contributed by atoms with Crippen LogP contribution < -0.4 is 10.4 Å². The third-order valence-corrected chi connectivity index (χ3v) is 3.62. The zero-order valence-electron chi connectivity index (χ0n) is 11.9. The largest absolute Gasteiger partial charge is 0.504 e. The van der Waals surface area contributed by atoms with E-state index < -0.39 is 17.6 Å². The van der Waals surface area contributed by atoms with Gasteiger partial charge in [0.2, 0.25) is 0 Å². The number of carbonyl (C=O) groups is 2. The summed E-state index contributed by atoms with van der Waals surface area (Å²) in [6.45, 7) is 0. The van der Waals surface area contributed by atoms with Crippen LogP contribution in [-0.2, 0) is 4.74 Å². The van der Waals surface area contributed by atoms with E-state index in [0.29, 0.717) is 11.5 Å². The summed E-state index contributed by atoms with van der Waals surface area (Å²) in [5, 5.41) is 10.3. The lowest BCUT2D eigenvalue weighted by atomic mass is 10.1. The number of benzene rings is 2. The molecule has 0 atom stereocenters. The predicted octanol–water partition coefficient (Wildman–Crippen LogP) is 2.60. The highest BCUT2D eigenvalue weighted by Crippen LogP contribution is 2.31. The van der Waals surface area contributed by atoms with Crippen molar-refractivity contribution in [3.63, 3.8) is 0 Å². The van der Waals surface area contributed by atoms with Crippen molar-refractivity contribution in [2.75, 3.05) is 0 Å². The maximum Gasteiger partial charge on any atom is 0.347 e. The molecule has 118 valence electrons. The smallest absolute Gasteiger partial charge is 0.347 e. The number of aromatic hydroxyl groups is 1. The van der Waals surface area contributed by atoms with Gasteiger partial charge in [-0.05, 0) is 36.4 Å². The highest BCUT2D eigenvalue weighted by atomic mass is 16.6. The number of carbonyl (C=O) groups excluding carboxylic acids is 2. The normalized spacial score (nSPS) is 13.0. The van der Waals surface area contributed by atoms with Crippen LogP contribution in [0.25, 0.3) is 10.8 Å². The molecule has 7 heteroatoms. The van der Waals surface area contributed by atoms with E-state index in [9.17, 15) is 19.5 Å². The van der Waals surface area contributed by atoms with E-state index in [1.54, 1.807) is 0 Å². The highest BCUT2D eigenvalue weighted by molar-refractivity contribution is 6.14. The highest BCUT2D eigenvalue weighted by Gasteiger charge is 2.29. The number of fused-ring (bicyclic) bond motifs is 2. The first kappa shape index (κ1) is 14.0. The Morgan fingerprint density at radius 1 is 0.833 bits per heavy atom. The summed E-state index contributed by atoms with van der Waals surface area (Å²) in [5.41, 5.74) is -0.268. The van der Waals surface area contributed by atoms with Crippen LogP contribution in [0.1, 0.15) is 20.7 Å². The van der Waals surface area contributed by atoms with Crippen molar-refractivity contribution in [1.29, 1.82) is 0 Å². The third kappa shape index (κ3) is 2.11. The van der Waals surface area contributed by atoms with E-state index in [2.05, 4.69) is 9.15 Å². The minimum atomic E-state index is -0.728. The zero-order valence-corrected chi connectivity index (χ0v) is 11.9.